The van der Waals surface area contributed by atoms with E-state index in [9.17, 15) is 4.79 Å². The molecule has 0 aliphatic heterocycles. The Bertz CT molecular complexity index is 357. The van der Waals surface area contributed by atoms with E-state index in [1.807, 2.05) is 27.1 Å². The molecule has 5 nitrogen and oxygen atoms in total. The van der Waals surface area contributed by atoms with Crippen LogP contribution in [0.3, 0.4) is 0 Å². The molecule has 1 aromatic heterocycles. The summed E-state index contributed by atoms with van der Waals surface area (Å²) in [4.78, 5) is 11.6. The molecule has 1 heterocycles. The summed E-state index contributed by atoms with van der Waals surface area (Å²) in [6, 6.07) is 0. The van der Waals surface area contributed by atoms with Crippen LogP contribution in [0.15, 0.2) is 12.4 Å². The van der Waals surface area contributed by atoms with Gasteiger partial charge in [0.25, 0.3) is 0 Å². The normalized spacial score (nSPS) is 11.2. The smallest absolute Gasteiger partial charge is 0.239 e. The van der Waals surface area contributed by atoms with Gasteiger partial charge in [-0.15, -0.1) is 0 Å². The largest absolute Gasteiger partial charge is 0.374 e. The number of nitrogens with zero attached hydrogens (tertiary/aromatic N) is 2. The molecule has 0 saturated carbocycles. The summed E-state index contributed by atoms with van der Waals surface area (Å²) in [5, 5.41) is 9.98. The fraction of sp³-hybridized carbons (Fsp3) is 0.636. The maximum absolute atomic E-state index is 11.6. The maximum atomic E-state index is 11.6. The molecule has 16 heavy (non-hydrogen) atoms. The van der Waals surface area contributed by atoms with E-state index in [1.54, 1.807) is 10.9 Å². The number of amides is 1. The van der Waals surface area contributed by atoms with Crippen molar-refractivity contribution in [3.8, 4) is 0 Å². The molecule has 1 aromatic rings. The van der Waals surface area contributed by atoms with E-state index in [4.69, 9.17) is 0 Å². The standard InChI is InChI=1S/C11H20N4O/c1-5-11(2,3)14-10(16)7-12-9-6-13-15(4)8-9/h6,8,12H,5,7H2,1-4H3,(H,14,16). The van der Waals surface area contributed by atoms with E-state index in [0.29, 0.717) is 0 Å². The van der Waals surface area contributed by atoms with Gasteiger partial charge in [0.1, 0.15) is 0 Å². The molecule has 0 unspecified atom stereocenters. The van der Waals surface area contributed by atoms with Gasteiger partial charge in [0.2, 0.25) is 5.91 Å². The van der Waals surface area contributed by atoms with Crippen LogP contribution in [0.5, 0.6) is 0 Å². The van der Waals surface area contributed by atoms with E-state index in [-0.39, 0.29) is 18.0 Å². The Morgan fingerprint density at radius 2 is 2.25 bits per heavy atom. The lowest BCUT2D eigenvalue weighted by atomic mass is 10.0. The SMILES string of the molecule is CCC(C)(C)NC(=O)CNc1cnn(C)c1. The minimum absolute atomic E-state index is 0.00398. The van der Waals surface area contributed by atoms with Gasteiger partial charge in [0.05, 0.1) is 18.4 Å². The lowest BCUT2D eigenvalue weighted by Gasteiger charge is -2.24. The van der Waals surface area contributed by atoms with Crippen LogP contribution in [0.4, 0.5) is 5.69 Å². The molecular weight excluding hydrogens is 204 g/mol. The van der Waals surface area contributed by atoms with Crippen LogP contribution in [-0.4, -0.2) is 27.8 Å². The second-order valence-electron chi connectivity index (χ2n) is 4.54. The summed E-state index contributed by atoms with van der Waals surface area (Å²) in [5.41, 5.74) is 0.709. The quantitative estimate of drug-likeness (QED) is 0.788. The van der Waals surface area contributed by atoms with Crippen LogP contribution in [0.1, 0.15) is 27.2 Å². The van der Waals surface area contributed by atoms with Crippen LogP contribution in [0.2, 0.25) is 0 Å². The average Bonchev–Trinajstić information content (AvgIpc) is 2.61. The van der Waals surface area contributed by atoms with Crippen LogP contribution in [-0.2, 0) is 11.8 Å². The molecule has 1 amide bonds. The van der Waals surface area contributed by atoms with Crippen molar-refractivity contribution in [2.75, 3.05) is 11.9 Å². The molecule has 0 spiro atoms. The van der Waals surface area contributed by atoms with Crippen molar-refractivity contribution in [3.63, 3.8) is 0 Å². The highest BCUT2D eigenvalue weighted by atomic mass is 16.2. The van der Waals surface area contributed by atoms with Gasteiger partial charge < -0.3 is 10.6 Å². The maximum Gasteiger partial charge on any atom is 0.239 e. The fourth-order valence-electron chi connectivity index (χ4n) is 1.20. The van der Waals surface area contributed by atoms with Gasteiger partial charge in [-0.25, -0.2) is 0 Å². The first kappa shape index (κ1) is 12.5. The van der Waals surface area contributed by atoms with Crippen LogP contribution >= 0.6 is 0 Å². The Hall–Kier alpha value is -1.52. The minimum Gasteiger partial charge on any atom is -0.374 e. The van der Waals surface area contributed by atoms with Gasteiger partial charge in [-0.1, -0.05) is 6.92 Å². The third-order valence-corrected chi connectivity index (χ3v) is 2.52. The Kier molecular flexibility index (Phi) is 3.93. The van der Waals surface area contributed by atoms with Crippen molar-refractivity contribution in [1.82, 2.24) is 15.1 Å². The highest BCUT2D eigenvalue weighted by molar-refractivity contribution is 5.81. The molecule has 90 valence electrons. The molecule has 0 atom stereocenters. The summed E-state index contributed by atoms with van der Waals surface area (Å²) in [5.74, 6) is -0.00398. The first-order chi connectivity index (χ1) is 7.43. The molecule has 0 aliphatic carbocycles. The van der Waals surface area contributed by atoms with Crippen LogP contribution < -0.4 is 10.6 Å². The zero-order chi connectivity index (χ0) is 12.2. The highest BCUT2D eigenvalue weighted by Crippen LogP contribution is 2.07. The molecule has 0 bridgehead atoms. The number of carbonyl (C=O) groups excluding carboxylic acids is 1. The summed E-state index contributed by atoms with van der Waals surface area (Å²) in [7, 11) is 1.84. The van der Waals surface area contributed by atoms with E-state index in [2.05, 4.69) is 22.7 Å². The van der Waals surface area contributed by atoms with Gasteiger partial charge in [-0.05, 0) is 20.3 Å². The Morgan fingerprint density at radius 3 is 2.75 bits per heavy atom. The molecular formula is C11H20N4O. The van der Waals surface area contributed by atoms with Crippen LogP contribution in [0.25, 0.3) is 0 Å². The van der Waals surface area contributed by atoms with Gasteiger partial charge in [0.15, 0.2) is 0 Å². The van der Waals surface area contributed by atoms with Crippen molar-refractivity contribution in [3.05, 3.63) is 12.4 Å². The molecule has 1 rings (SSSR count). The van der Waals surface area contributed by atoms with Gasteiger partial charge in [0, 0.05) is 18.8 Å². The van der Waals surface area contributed by atoms with Gasteiger partial charge in [-0.2, -0.15) is 5.10 Å². The van der Waals surface area contributed by atoms with Crippen molar-refractivity contribution in [2.45, 2.75) is 32.7 Å². The first-order valence-electron chi connectivity index (χ1n) is 5.46. The molecule has 0 fully saturated rings. The lowest BCUT2D eigenvalue weighted by Crippen LogP contribution is -2.45. The van der Waals surface area contributed by atoms with Gasteiger partial charge >= 0.3 is 0 Å². The van der Waals surface area contributed by atoms with E-state index >= 15 is 0 Å². The average molecular weight is 224 g/mol. The van der Waals surface area contributed by atoms with Gasteiger partial charge in [-0.3, -0.25) is 9.48 Å². The third kappa shape index (κ3) is 3.92. The zero-order valence-electron chi connectivity index (χ0n) is 10.4. The van der Waals surface area contributed by atoms with Crippen LogP contribution in [0, 0.1) is 0 Å². The predicted molar refractivity (Wildman–Crippen MR) is 64.2 cm³/mol. The van der Waals surface area contributed by atoms with E-state index in [0.717, 1.165) is 12.1 Å². The number of anilines is 1. The Labute approximate surface area is 96.2 Å². The molecule has 0 aliphatic rings. The van der Waals surface area contributed by atoms with Crippen molar-refractivity contribution < 1.29 is 4.79 Å². The minimum atomic E-state index is -0.145. The molecule has 2 N–H and O–H groups in total. The lowest BCUT2D eigenvalue weighted by molar-refractivity contribution is -0.121. The number of nitrogens with one attached hydrogen (secondary N) is 2. The summed E-state index contributed by atoms with van der Waals surface area (Å²) in [6.45, 7) is 6.34. The predicted octanol–water partition coefficient (Wildman–Crippen LogP) is 1.14. The first-order valence-corrected chi connectivity index (χ1v) is 5.46. The van der Waals surface area contributed by atoms with Crippen molar-refractivity contribution in [1.29, 1.82) is 0 Å². The summed E-state index contributed by atoms with van der Waals surface area (Å²) in [6.07, 6.45) is 4.43. The fourth-order valence-corrected chi connectivity index (χ4v) is 1.20. The molecule has 0 saturated heterocycles. The number of hydrogen-bond acceptors (Lipinski definition) is 3. The number of rotatable bonds is 5. The van der Waals surface area contributed by atoms with Crippen molar-refractivity contribution >= 4 is 11.6 Å². The number of aryl methyl sites for hydroxylation is 1. The summed E-state index contributed by atoms with van der Waals surface area (Å²) < 4.78 is 1.69. The third-order valence-electron chi connectivity index (χ3n) is 2.52. The van der Waals surface area contributed by atoms with E-state index in [1.165, 1.54) is 0 Å². The Balaban J connectivity index is 2.36. The highest BCUT2D eigenvalue weighted by Gasteiger charge is 2.17. The number of hydrogen-bond donors (Lipinski definition) is 2. The molecule has 5 heteroatoms. The molecule has 0 aromatic carbocycles. The second-order valence-corrected chi connectivity index (χ2v) is 4.54. The second kappa shape index (κ2) is 5.01. The van der Waals surface area contributed by atoms with Crippen molar-refractivity contribution in [2.24, 2.45) is 7.05 Å². The summed E-state index contributed by atoms with van der Waals surface area (Å²) >= 11 is 0. The Morgan fingerprint density at radius 1 is 1.56 bits per heavy atom. The molecule has 0 radical (unpaired) electrons. The zero-order valence-corrected chi connectivity index (χ0v) is 10.4. The van der Waals surface area contributed by atoms with E-state index < -0.39 is 0 Å². The topological polar surface area (TPSA) is 59.0 Å². The monoisotopic (exact) mass is 224 g/mol. The number of aromatic nitrogens is 2. The number of carbonyl (C=O) groups is 1.